The molecular weight excluding hydrogens is 789 g/mol. The third-order valence-corrected chi connectivity index (χ3v) is 10.2. The summed E-state index contributed by atoms with van der Waals surface area (Å²) in [5.74, 6) is -0.581. The summed E-state index contributed by atoms with van der Waals surface area (Å²) < 4.78 is 17.3. The molecule has 0 aliphatic rings. The van der Waals surface area contributed by atoms with Gasteiger partial charge in [-0.15, -0.1) is 0 Å². The van der Waals surface area contributed by atoms with Crippen LogP contribution in [0.1, 0.15) is 201 Å². The van der Waals surface area contributed by atoms with E-state index in [1.54, 1.807) is 0 Å². The lowest BCUT2D eigenvalue weighted by molar-refractivity contribution is -0.162. The van der Waals surface area contributed by atoms with Crippen molar-refractivity contribution in [3.05, 3.63) is 134 Å². The number of carbonyl (C=O) groups is 2. The molecule has 5 nitrogen and oxygen atoms in total. The van der Waals surface area contributed by atoms with E-state index in [4.69, 9.17) is 14.2 Å². The highest BCUT2D eigenvalue weighted by molar-refractivity contribution is 5.71. The van der Waals surface area contributed by atoms with Crippen molar-refractivity contribution in [2.45, 2.75) is 207 Å². The van der Waals surface area contributed by atoms with Gasteiger partial charge in [-0.3, -0.25) is 9.59 Å². The molecule has 0 aliphatic heterocycles. The van der Waals surface area contributed by atoms with Gasteiger partial charge in [0.2, 0.25) is 0 Å². The van der Waals surface area contributed by atoms with E-state index in [9.17, 15) is 9.59 Å². The van der Waals surface area contributed by atoms with Crippen molar-refractivity contribution in [2.75, 3.05) is 19.8 Å². The number of allylic oxidation sites excluding steroid dienone is 21. The highest BCUT2D eigenvalue weighted by Crippen LogP contribution is 2.11. The highest BCUT2D eigenvalue weighted by Gasteiger charge is 2.17. The SMILES string of the molecule is CC/C=C\C/C=C\C/C=C\C/C=C\C/C=C\CC(=O)OCC(COCCCCCCC/C=C\C/C=C\C/C=C\C/C=C\CC)OC(=O)CCCCCCC/C=C\C/C=C\CCCCC. The zero-order valence-corrected chi connectivity index (χ0v) is 41.2. The quantitative estimate of drug-likeness (QED) is 0.0346. The first-order chi connectivity index (χ1) is 31.6. The summed E-state index contributed by atoms with van der Waals surface area (Å²) in [6, 6.07) is 0. The molecule has 0 N–H and O–H groups in total. The molecule has 1 atom stereocenters. The molecule has 0 bridgehead atoms. The minimum atomic E-state index is -0.603. The van der Waals surface area contributed by atoms with Crippen LogP contribution in [0.25, 0.3) is 0 Å². The first-order valence-electron chi connectivity index (χ1n) is 25.7. The maximum Gasteiger partial charge on any atom is 0.309 e. The third-order valence-electron chi connectivity index (χ3n) is 10.2. The fraction of sp³-hybridized carbons (Fsp3) is 0.593. The topological polar surface area (TPSA) is 61.8 Å². The van der Waals surface area contributed by atoms with Gasteiger partial charge < -0.3 is 14.2 Å². The zero-order chi connectivity index (χ0) is 46.3. The van der Waals surface area contributed by atoms with Crippen LogP contribution in [0.5, 0.6) is 0 Å². The first kappa shape index (κ1) is 60.0. The number of ether oxygens (including phenoxy) is 3. The van der Waals surface area contributed by atoms with Crippen LogP contribution < -0.4 is 0 Å². The summed E-state index contributed by atoms with van der Waals surface area (Å²) in [5.41, 5.74) is 0. The Labute approximate surface area is 394 Å². The average molecular weight is 883 g/mol. The Morgan fingerprint density at radius 1 is 0.375 bits per heavy atom. The molecule has 1 unspecified atom stereocenters. The van der Waals surface area contributed by atoms with E-state index in [0.29, 0.717) is 13.0 Å². The smallest absolute Gasteiger partial charge is 0.309 e. The predicted octanol–water partition coefficient (Wildman–Crippen LogP) is 17.6. The summed E-state index contributed by atoms with van der Waals surface area (Å²) in [6.45, 7) is 7.39. The van der Waals surface area contributed by atoms with Crippen LogP contribution in [0.3, 0.4) is 0 Å². The van der Waals surface area contributed by atoms with Crippen molar-refractivity contribution in [2.24, 2.45) is 0 Å². The molecule has 0 aromatic heterocycles. The second kappa shape index (κ2) is 53.4. The number of hydrogen-bond acceptors (Lipinski definition) is 5. The van der Waals surface area contributed by atoms with Gasteiger partial charge in [-0.2, -0.15) is 0 Å². The zero-order valence-electron chi connectivity index (χ0n) is 41.2. The van der Waals surface area contributed by atoms with Gasteiger partial charge in [0.1, 0.15) is 6.61 Å². The van der Waals surface area contributed by atoms with E-state index in [1.807, 2.05) is 12.2 Å². The number of esters is 2. The van der Waals surface area contributed by atoms with Crippen LogP contribution in [0, 0.1) is 0 Å². The van der Waals surface area contributed by atoms with Gasteiger partial charge >= 0.3 is 11.9 Å². The molecular formula is C59H94O5. The Hall–Kier alpha value is -3.96. The number of rotatable bonds is 45. The van der Waals surface area contributed by atoms with Gasteiger partial charge in [0.15, 0.2) is 6.10 Å². The lowest BCUT2D eigenvalue weighted by atomic mass is 10.1. The highest BCUT2D eigenvalue weighted by atomic mass is 16.6. The molecule has 0 heterocycles. The molecule has 0 amide bonds. The summed E-state index contributed by atoms with van der Waals surface area (Å²) in [7, 11) is 0. The van der Waals surface area contributed by atoms with E-state index in [-0.39, 0.29) is 31.6 Å². The van der Waals surface area contributed by atoms with Crippen molar-refractivity contribution in [1.29, 1.82) is 0 Å². The molecule has 0 spiro atoms. The molecule has 0 rings (SSSR count). The van der Waals surface area contributed by atoms with E-state index < -0.39 is 6.10 Å². The summed E-state index contributed by atoms with van der Waals surface area (Å²) in [6.07, 6.45) is 76.2. The van der Waals surface area contributed by atoms with Crippen LogP contribution in [0.2, 0.25) is 0 Å². The largest absolute Gasteiger partial charge is 0.461 e. The first-order valence-corrected chi connectivity index (χ1v) is 25.7. The fourth-order valence-corrected chi connectivity index (χ4v) is 6.43. The minimum absolute atomic E-state index is 0.00867. The van der Waals surface area contributed by atoms with Crippen molar-refractivity contribution in [3.63, 3.8) is 0 Å². The number of carbonyl (C=O) groups excluding carboxylic acids is 2. The van der Waals surface area contributed by atoms with Gasteiger partial charge in [0, 0.05) is 13.0 Å². The van der Waals surface area contributed by atoms with Crippen LogP contribution in [-0.4, -0.2) is 37.9 Å². The Balaban J connectivity index is 4.48. The summed E-state index contributed by atoms with van der Waals surface area (Å²) >= 11 is 0. The Morgan fingerprint density at radius 2 is 0.750 bits per heavy atom. The molecule has 360 valence electrons. The van der Waals surface area contributed by atoms with E-state index >= 15 is 0 Å². The monoisotopic (exact) mass is 883 g/mol. The lowest BCUT2D eigenvalue weighted by Crippen LogP contribution is -2.30. The van der Waals surface area contributed by atoms with Crippen LogP contribution in [-0.2, 0) is 23.8 Å². The maximum atomic E-state index is 12.8. The molecule has 0 fully saturated rings. The predicted molar refractivity (Wildman–Crippen MR) is 278 cm³/mol. The summed E-state index contributed by atoms with van der Waals surface area (Å²) in [4.78, 5) is 25.3. The molecule has 0 saturated carbocycles. The van der Waals surface area contributed by atoms with Crippen molar-refractivity contribution >= 4 is 11.9 Å². The summed E-state index contributed by atoms with van der Waals surface area (Å²) in [5, 5.41) is 0. The molecule has 0 radical (unpaired) electrons. The van der Waals surface area contributed by atoms with E-state index in [1.165, 1.54) is 57.8 Å². The van der Waals surface area contributed by atoms with Crippen molar-refractivity contribution < 1.29 is 23.8 Å². The van der Waals surface area contributed by atoms with Gasteiger partial charge in [-0.05, 0) is 116 Å². The van der Waals surface area contributed by atoms with Gasteiger partial charge in [-0.1, -0.05) is 206 Å². The molecule has 0 saturated heterocycles. The minimum Gasteiger partial charge on any atom is -0.461 e. The molecule has 0 aromatic rings. The maximum absolute atomic E-state index is 12.8. The van der Waals surface area contributed by atoms with E-state index in [2.05, 4.69) is 142 Å². The van der Waals surface area contributed by atoms with E-state index in [0.717, 1.165) is 109 Å². The van der Waals surface area contributed by atoms with Crippen LogP contribution in [0.15, 0.2) is 134 Å². The van der Waals surface area contributed by atoms with Crippen LogP contribution in [0.4, 0.5) is 0 Å². The van der Waals surface area contributed by atoms with Crippen molar-refractivity contribution in [3.8, 4) is 0 Å². The standard InChI is InChI=1S/C59H94O5/c1-4-7-10-13-16-19-22-25-28-29-30-33-36-39-42-45-48-51-54-62-55-57(64-59(61)53-50-47-44-41-38-35-32-27-24-21-18-15-12-9-6-3)56-63-58(60)52-49-46-43-40-37-34-31-26-23-20-17-14-11-8-5-2/h7-8,10-11,16-21,25-28,30-33,37,40,46,49,57H,4-6,9,12-15,22-24,29,34-36,38-39,41-45,47-48,50-56H2,1-3H3/b10-7-,11-8-,19-16-,20-17-,21-18-,28-25-,31-26-,32-27-,33-30-,40-37-,49-46-. The second-order valence-electron chi connectivity index (χ2n) is 16.3. The third kappa shape index (κ3) is 50.7. The lowest BCUT2D eigenvalue weighted by Gasteiger charge is -2.18. The van der Waals surface area contributed by atoms with Crippen molar-refractivity contribution in [1.82, 2.24) is 0 Å². The molecule has 5 heteroatoms. The molecule has 64 heavy (non-hydrogen) atoms. The van der Waals surface area contributed by atoms with Gasteiger partial charge in [-0.25, -0.2) is 0 Å². The Kier molecular flexibility index (Phi) is 50.1. The number of unbranched alkanes of at least 4 members (excludes halogenated alkanes) is 13. The normalized spacial score (nSPS) is 13.4. The Morgan fingerprint density at radius 3 is 1.20 bits per heavy atom. The second-order valence-corrected chi connectivity index (χ2v) is 16.3. The number of hydrogen-bond donors (Lipinski definition) is 0. The van der Waals surface area contributed by atoms with Gasteiger partial charge in [0.25, 0.3) is 0 Å². The Bertz CT molecular complexity index is 1370. The van der Waals surface area contributed by atoms with Crippen LogP contribution >= 0.6 is 0 Å². The molecule has 0 aliphatic carbocycles. The fourth-order valence-electron chi connectivity index (χ4n) is 6.43. The molecule has 0 aromatic carbocycles. The average Bonchev–Trinajstić information content (AvgIpc) is 3.30. The van der Waals surface area contributed by atoms with Gasteiger partial charge in [0.05, 0.1) is 13.0 Å².